The van der Waals surface area contributed by atoms with Crippen LogP contribution in [0.5, 0.6) is 0 Å². The first-order valence-electron chi connectivity index (χ1n) is 5.98. The van der Waals surface area contributed by atoms with Gasteiger partial charge >= 0.3 is 0 Å². The van der Waals surface area contributed by atoms with Crippen molar-refractivity contribution in [1.82, 2.24) is 20.0 Å². The van der Waals surface area contributed by atoms with Gasteiger partial charge in [-0.2, -0.15) is 4.98 Å². The molecule has 3 rings (SSSR count). The van der Waals surface area contributed by atoms with Gasteiger partial charge in [0.15, 0.2) is 5.82 Å². The van der Waals surface area contributed by atoms with Crippen LogP contribution in [0.25, 0.3) is 11.5 Å². The number of nitrogens with one attached hydrogen (secondary N) is 1. The molecule has 0 spiro atoms. The first-order chi connectivity index (χ1) is 8.74. The summed E-state index contributed by atoms with van der Waals surface area (Å²) in [6.07, 6.45) is 3.84. The van der Waals surface area contributed by atoms with Gasteiger partial charge in [0, 0.05) is 24.9 Å². The molecule has 0 aliphatic carbocycles. The average Bonchev–Trinajstić information content (AvgIpc) is 3.01. The second-order valence-corrected chi connectivity index (χ2v) is 4.47. The summed E-state index contributed by atoms with van der Waals surface area (Å²) in [6.45, 7) is 0.987. The van der Waals surface area contributed by atoms with Crippen molar-refractivity contribution in [2.24, 2.45) is 7.05 Å². The Labute approximate surface area is 104 Å². The third-order valence-electron chi connectivity index (χ3n) is 3.16. The van der Waals surface area contributed by atoms with Gasteiger partial charge in [-0.3, -0.25) is 4.79 Å². The number of rotatable bonds is 2. The Morgan fingerprint density at radius 2 is 2.44 bits per heavy atom. The molecule has 3 heterocycles. The van der Waals surface area contributed by atoms with Crippen molar-refractivity contribution < 1.29 is 4.52 Å². The molecule has 0 radical (unpaired) electrons. The van der Waals surface area contributed by atoms with E-state index in [4.69, 9.17) is 4.52 Å². The molecule has 1 atom stereocenters. The molecule has 1 fully saturated rings. The molecular weight excluding hydrogens is 232 g/mol. The van der Waals surface area contributed by atoms with Gasteiger partial charge in [0.05, 0.1) is 6.04 Å². The number of hydrogen-bond acceptors (Lipinski definition) is 5. The Bertz CT molecular complexity index is 611. The van der Waals surface area contributed by atoms with Crippen LogP contribution in [0.1, 0.15) is 24.7 Å². The largest absolute Gasteiger partial charge is 0.334 e. The molecular formula is C12H14N4O2. The zero-order chi connectivity index (χ0) is 12.5. The predicted molar refractivity (Wildman–Crippen MR) is 65.0 cm³/mol. The van der Waals surface area contributed by atoms with E-state index in [-0.39, 0.29) is 11.6 Å². The maximum atomic E-state index is 11.5. The standard InChI is InChI=1S/C12H14N4O2/c1-16-6-4-8(7-10(16)17)12-14-11(15-18-12)9-3-2-5-13-9/h4,6-7,9,13H,2-3,5H2,1H3. The number of hydrogen-bond donors (Lipinski definition) is 1. The van der Waals surface area contributed by atoms with Gasteiger partial charge in [0.25, 0.3) is 11.4 Å². The van der Waals surface area contributed by atoms with E-state index in [1.165, 1.54) is 10.6 Å². The summed E-state index contributed by atoms with van der Waals surface area (Å²) in [5, 5.41) is 7.28. The van der Waals surface area contributed by atoms with Crippen LogP contribution in [0, 0.1) is 0 Å². The van der Waals surface area contributed by atoms with E-state index in [0.717, 1.165) is 19.4 Å². The molecule has 0 aromatic carbocycles. The van der Waals surface area contributed by atoms with Crippen molar-refractivity contribution in [3.8, 4) is 11.5 Å². The number of aryl methyl sites for hydroxylation is 1. The number of pyridine rings is 1. The van der Waals surface area contributed by atoms with Gasteiger partial charge < -0.3 is 14.4 Å². The first-order valence-corrected chi connectivity index (χ1v) is 5.98. The highest BCUT2D eigenvalue weighted by molar-refractivity contribution is 5.51. The molecule has 1 unspecified atom stereocenters. The van der Waals surface area contributed by atoms with Gasteiger partial charge in [0.2, 0.25) is 0 Å². The Balaban J connectivity index is 1.92. The Kier molecular flexibility index (Phi) is 2.71. The summed E-state index contributed by atoms with van der Waals surface area (Å²) in [7, 11) is 1.70. The highest BCUT2D eigenvalue weighted by atomic mass is 16.5. The van der Waals surface area contributed by atoms with Gasteiger partial charge in [-0.15, -0.1) is 0 Å². The van der Waals surface area contributed by atoms with Crippen LogP contribution in [0.15, 0.2) is 27.6 Å². The van der Waals surface area contributed by atoms with E-state index in [2.05, 4.69) is 15.5 Å². The molecule has 94 valence electrons. The third-order valence-corrected chi connectivity index (χ3v) is 3.16. The summed E-state index contributed by atoms with van der Waals surface area (Å²) < 4.78 is 6.71. The summed E-state index contributed by atoms with van der Waals surface area (Å²) >= 11 is 0. The summed E-state index contributed by atoms with van der Waals surface area (Å²) in [5.74, 6) is 1.07. The molecule has 1 saturated heterocycles. The van der Waals surface area contributed by atoms with Crippen LogP contribution in [-0.4, -0.2) is 21.3 Å². The topological polar surface area (TPSA) is 73.0 Å². The smallest absolute Gasteiger partial charge is 0.258 e. The number of aromatic nitrogens is 3. The fraction of sp³-hybridized carbons (Fsp3) is 0.417. The monoisotopic (exact) mass is 246 g/mol. The van der Waals surface area contributed by atoms with Crippen LogP contribution in [0.2, 0.25) is 0 Å². The van der Waals surface area contributed by atoms with E-state index in [9.17, 15) is 4.79 Å². The van der Waals surface area contributed by atoms with E-state index < -0.39 is 0 Å². The normalized spacial score (nSPS) is 19.3. The van der Waals surface area contributed by atoms with Crippen LogP contribution in [0.3, 0.4) is 0 Å². The van der Waals surface area contributed by atoms with Gasteiger partial charge in [-0.05, 0) is 25.5 Å². The van der Waals surface area contributed by atoms with Crippen LogP contribution in [0.4, 0.5) is 0 Å². The Hall–Kier alpha value is -1.95. The fourth-order valence-electron chi connectivity index (χ4n) is 2.08. The molecule has 1 aliphatic rings. The molecule has 18 heavy (non-hydrogen) atoms. The molecule has 1 aliphatic heterocycles. The molecule has 2 aromatic heterocycles. The van der Waals surface area contributed by atoms with Crippen molar-refractivity contribution in [2.75, 3.05) is 6.54 Å². The molecule has 6 heteroatoms. The Morgan fingerprint density at radius 1 is 1.56 bits per heavy atom. The van der Waals surface area contributed by atoms with E-state index >= 15 is 0 Å². The number of nitrogens with zero attached hydrogens (tertiary/aromatic N) is 3. The molecule has 0 bridgehead atoms. The third kappa shape index (κ3) is 1.95. The minimum absolute atomic E-state index is 0.0914. The van der Waals surface area contributed by atoms with Crippen LogP contribution < -0.4 is 10.9 Å². The Morgan fingerprint density at radius 3 is 3.17 bits per heavy atom. The van der Waals surface area contributed by atoms with Gasteiger partial charge in [0.1, 0.15) is 0 Å². The molecule has 0 amide bonds. The van der Waals surface area contributed by atoms with E-state index in [1.807, 2.05) is 0 Å². The lowest BCUT2D eigenvalue weighted by molar-refractivity contribution is 0.412. The minimum atomic E-state index is -0.0914. The minimum Gasteiger partial charge on any atom is -0.334 e. The van der Waals surface area contributed by atoms with E-state index in [1.54, 1.807) is 19.3 Å². The van der Waals surface area contributed by atoms with E-state index in [0.29, 0.717) is 17.3 Å². The second kappa shape index (κ2) is 4.38. The highest BCUT2D eigenvalue weighted by Gasteiger charge is 2.22. The van der Waals surface area contributed by atoms with Crippen molar-refractivity contribution >= 4 is 0 Å². The predicted octanol–water partition coefficient (Wildman–Crippen LogP) is 0.860. The SMILES string of the molecule is Cn1ccc(-c2nc(C3CCCN3)no2)cc1=O. The lowest BCUT2D eigenvalue weighted by Crippen LogP contribution is -2.14. The molecule has 0 saturated carbocycles. The zero-order valence-corrected chi connectivity index (χ0v) is 10.1. The van der Waals surface area contributed by atoms with Gasteiger partial charge in [-0.25, -0.2) is 0 Å². The van der Waals surface area contributed by atoms with Gasteiger partial charge in [-0.1, -0.05) is 5.16 Å². The molecule has 1 N–H and O–H groups in total. The zero-order valence-electron chi connectivity index (χ0n) is 10.1. The summed E-state index contributed by atoms with van der Waals surface area (Å²) in [5.41, 5.74) is 0.570. The average molecular weight is 246 g/mol. The quantitative estimate of drug-likeness (QED) is 0.850. The summed E-state index contributed by atoms with van der Waals surface area (Å²) in [4.78, 5) is 15.9. The van der Waals surface area contributed by atoms with Crippen molar-refractivity contribution in [1.29, 1.82) is 0 Å². The van der Waals surface area contributed by atoms with Crippen molar-refractivity contribution in [2.45, 2.75) is 18.9 Å². The maximum absolute atomic E-state index is 11.5. The lowest BCUT2D eigenvalue weighted by Gasteiger charge is -2.01. The molecule has 6 nitrogen and oxygen atoms in total. The summed E-state index contributed by atoms with van der Waals surface area (Å²) in [6, 6.07) is 3.47. The van der Waals surface area contributed by atoms with Crippen molar-refractivity contribution in [3.05, 3.63) is 34.5 Å². The fourth-order valence-corrected chi connectivity index (χ4v) is 2.08. The lowest BCUT2D eigenvalue weighted by atomic mass is 10.2. The second-order valence-electron chi connectivity index (χ2n) is 4.47. The van der Waals surface area contributed by atoms with Crippen LogP contribution >= 0.6 is 0 Å². The van der Waals surface area contributed by atoms with Crippen molar-refractivity contribution in [3.63, 3.8) is 0 Å². The highest BCUT2D eigenvalue weighted by Crippen LogP contribution is 2.23. The maximum Gasteiger partial charge on any atom is 0.258 e. The van der Waals surface area contributed by atoms with Crippen LogP contribution in [-0.2, 0) is 7.05 Å². The molecule has 2 aromatic rings. The first kappa shape index (κ1) is 11.2.